The van der Waals surface area contributed by atoms with Crippen LogP contribution in [0.3, 0.4) is 0 Å². The Labute approximate surface area is 116 Å². The van der Waals surface area contributed by atoms with Gasteiger partial charge in [0.2, 0.25) is 5.91 Å². The van der Waals surface area contributed by atoms with E-state index in [0.29, 0.717) is 23.4 Å². The van der Waals surface area contributed by atoms with Gasteiger partial charge in [-0.15, -0.1) is 22.9 Å². The standard InChI is InChI=1S/C13H17ClN2OS/c14-6-11-7-18-13(15-11)16-12(17)5-10-4-8-1-2-9(10)3-8/h7-10H,1-6H2,(H,15,16,17). The minimum absolute atomic E-state index is 0.114. The fourth-order valence-corrected chi connectivity index (χ4v) is 4.42. The van der Waals surface area contributed by atoms with E-state index in [1.807, 2.05) is 5.38 Å². The topological polar surface area (TPSA) is 42.0 Å². The lowest BCUT2D eigenvalue weighted by molar-refractivity contribution is -0.117. The molecule has 1 aromatic rings. The van der Waals surface area contributed by atoms with E-state index >= 15 is 0 Å². The van der Waals surface area contributed by atoms with Gasteiger partial charge in [-0.2, -0.15) is 0 Å². The molecule has 0 aliphatic heterocycles. The molecule has 3 atom stereocenters. The number of nitrogens with one attached hydrogen (secondary N) is 1. The Balaban J connectivity index is 1.52. The van der Waals surface area contributed by atoms with Crippen LogP contribution in [0.25, 0.3) is 0 Å². The van der Waals surface area contributed by atoms with Crippen LogP contribution in [-0.4, -0.2) is 10.9 Å². The van der Waals surface area contributed by atoms with Gasteiger partial charge in [0.05, 0.1) is 11.6 Å². The van der Waals surface area contributed by atoms with E-state index in [4.69, 9.17) is 11.6 Å². The van der Waals surface area contributed by atoms with E-state index in [1.165, 1.54) is 37.0 Å². The number of nitrogens with zero attached hydrogens (tertiary/aromatic N) is 1. The Bertz CT molecular complexity index is 448. The number of hydrogen-bond donors (Lipinski definition) is 1. The molecule has 0 saturated heterocycles. The number of carbonyl (C=O) groups is 1. The lowest BCUT2D eigenvalue weighted by Gasteiger charge is -2.20. The summed E-state index contributed by atoms with van der Waals surface area (Å²) in [5.41, 5.74) is 0.830. The Morgan fingerprint density at radius 3 is 3.00 bits per heavy atom. The third-order valence-corrected chi connectivity index (χ3v) is 5.35. The van der Waals surface area contributed by atoms with Crippen LogP contribution in [0.4, 0.5) is 5.13 Å². The number of rotatable bonds is 4. The number of halogens is 1. The van der Waals surface area contributed by atoms with Gasteiger partial charge in [0, 0.05) is 11.8 Å². The number of aromatic nitrogens is 1. The Kier molecular flexibility index (Phi) is 3.57. The van der Waals surface area contributed by atoms with E-state index in [0.717, 1.165) is 17.5 Å². The Morgan fingerprint density at radius 1 is 1.50 bits per heavy atom. The molecule has 2 saturated carbocycles. The van der Waals surface area contributed by atoms with Crippen LogP contribution in [-0.2, 0) is 10.7 Å². The SMILES string of the molecule is O=C(CC1CC2CCC1C2)Nc1nc(CCl)cs1. The van der Waals surface area contributed by atoms with Crippen LogP contribution in [0.15, 0.2) is 5.38 Å². The maximum atomic E-state index is 12.0. The predicted octanol–water partition coefficient (Wildman–Crippen LogP) is 3.65. The summed E-state index contributed by atoms with van der Waals surface area (Å²) in [6, 6.07) is 0. The highest BCUT2D eigenvalue weighted by molar-refractivity contribution is 7.13. The van der Waals surface area contributed by atoms with Crippen molar-refractivity contribution in [1.29, 1.82) is 0 Å². The second-order valence-electron chi connectivity index (χ2n) is 5.46. The zero-order valence-electron chi connectivity index (χ0n) is 10.2. The van der Waals surface area contributed by atoms with Gasteiger partial charge < -0.3 is 5.32 Å². The summed E-state index contributed by atoms with van der Waals surface area (Å²) < 4.78 is 0. The first-order valence-electron chi connectivity index (χ1n) is 6.55. The summed E-state index contributed by atoms with van der Waals surface area (Å²) in [4.78, 5) is 16.2. The number of fused-ring (bicyclic) bond motifs is 2. The van der Waals surface area contributed by atoms with Crippen LogP contribution >= 0.6 is 22.9 Å². The molecule has 5 heteroatoms. The minimum atomic E-state index is 0.114. The van der Waals surface area contributed by atoms with Gasteiger partial charge in [-0.05, 0) is 37.0 Å². The van der Waals surface area contributed by atoms with Crippen molar-refractivity contribution in [1.82, 2.24) is 4.98 Å². The van der Waals surface area contributed by atoms with Gasteiger partial charge in [-0.25, -0.2) is 4.98 Å². The molecule has 3 unspecified atom stereocenters. The summed E-state index contributed by atoms with van der Waals surface area (Å²) in [5, 5.41) is 5.46. The number of carbonyl (C=O) groups excluding carboxylic acids is 1. The highest BCUT2D eigenvalue weighted by Crippen LogP contribution is 2.49. The van der Waals surface area contributed by atoms with E-state index in [9.17, 15) is 4.79 Å². The fraction of sp³-hybridized carbons (Fsp3) is 0.692. The van der Waals surface area contributed by atoms with Gasteiger partial charge in [-0.3, -0.25) is 4.79 Å². The molecule has 3 rings (SSSR count). The number of thiazole rings is 1. The predicted molar refractivity (Wildman–Crippen MR) is 73.9 cm³/mol. The van der Waals surface area contributed by atoms with Crippen LogP contribution in [0.1, 0.15) is 37.8 Å². The zero-order chi connectivity index (χ0) is 12.5. The molecule has 1 amide bonds. The molecule has 98 valence electrons. The lowest BCUT2D eigenvalue weighted by atomic mass is 9.86. The van der Waals surface area contributed by atoms with Gasteiger partial charge in [0.25, 0.3) is 0 Å². The van der Waals surface area contributed by atoms with Gasteiger partial charge in [0.1, 0.15) is 0 Å². The van der Waals surface area contributed by atoms with Crippen molar-refractivity contribution in [2.24, 2.45) is 17.8 Å². The maximum Gasteiger partial charge on any atom is 0.226 e. The lowest BCUT2D eigenvalue weighted by Crippen LogP contribution is -2.20. The summed E-state index contributed by atoms with van der Waals surface area (Å²) in [5.74, 6) is 2.82. The van der Waals surface area contributed by atoms with Crippen molar-refractivity contribution in [2.75, 3.05) is 5.32 Å². The molecule has 3 nitrogen and oxygen atoms in total. The average molecular weight is 285 g/mol. The molecule has 1 N–H and O–H groups in total. The summed E-state index contributed by atoms with van der Waals surface area (Å²) in [7, 11) is 0. The van der Waals surface area contributed by atoms with E-state index in [2.05, 4.69) is 10.3 Å². The van der Waals surface area contributed by atoms with Crippen molar-refractivity contribution in [3.63, 3.8) is 0 Å². The molecule has 2 bridgehead atoms. The zero-order valence-corrected chi connectivity index (χ0v) is 11.8. The van der Waals surface area contributed by atoms with Crippen LogP contribution in [0.5, 0.6) is 0 Å². The second-order valence-corrected chi connectivity index (χ2v) is 6.59. The van der Waals surface area contributed by atoms with E-state index < -0.39 is 0 Å². The molecule has 18 heavy (non-hydrogen) atoms. The number of amides is 1. The van der Waals surface area contributed by atoms with Gasteiger partial charge >= 0.3 is 0 Å². The van der Waals surface area contributed by atoms with E-state index in [1.54, 1.807) is 0 Å². The van der Waals surface area contributed by atoms with Gasteiger partial charge in [-0.1, -0.05) is 6.42 Å². The number of hydrogen-bond acceptors (Lipinski definition) is 3. The van der Waals surface area contributed by atoms with Crippen LogP contribution in [0, 0.1) is 17.8 Å². The molecule has 2 aliphatic rings. The highest BCUT2D eigenvalue weighted by Gasteiger charge is 2.40. The number of alkyl halides is 1. The molecular formula is C13H17ClN2OS. The van der Waals surface area contributed by atoms with Crippen molar-refractivity contribution < 1.29 is 4.79 Å². The monoisotopic (exact) mass is 284 g/mol. The molecule has 2 aliphatic carbocycles. The Hall–Kier alpha value is -0.610. The average Bonchev–Trinajstić information content (AvgIpc) is 3.04. The molecule has 1 aromatic heterocycles. The Morgan fingerprint density at radius 2 is 2.39 bits per heavy atom. The van der Waals surface area contributed by atoms with Gasteiger partial charge in [0.15, 0.2) is 5.13 Å². The highest BCUT2D eigenvalue weighted by atomic mass is 35.5. The molecule has 0 radical (unpaired) electrons. The second kappa shape index (κ2) is 5.17. The van der Waals surface area contributed by atoms with E-state index in [-0.39, 0.29) is 5.91 Å². The third-order valence-electron chi connectivity index (χ3n) is 4.27. The van der Waals surface area contributed by atoms with Crippen molar-refractivity contribution in [2.45, 2.75) is 38.0 Å². The first-order valence-corrected chi connectivity index (χ1v) is 7.96. The van der Waals surface area contributed by atoms with Crippen molar-refractivity contribution >= 4 is 34.0 Å². The summed E-state index contributed by atoms with van der Waals surface area (Å²) in [6.45, 7) is 0. The summed E-state index contributed by atoms with van der Waals surface area (Å²) in [6.07, 6.45) is 5.98. The first-order chi connectivity index (χ1) is 8.74. The van der Waals surface area contributed by atoms with Crippen molar-refractivity contribution in [3.8, 4) is 0 Å². The summed E-state index contributed by atoms with van der Waals surface area (Å²) >= 11 is 7.14. The van der Waals surface area contributed by atoms with Crippen molar-refractivity contribution in [3.05, 3.63) is 11.1 Å². The number of anilines is 1. The largest absolute Gasteiger partial charge is 0.302 e. The molecular weight excluding hydrogens is 268 g/mol. The fourth-order valence-electron chi connectivity index (χ4n) is 3.46. The quantitative estimate of drug-likeness (QED) is 0.858. The van der Waals surface area contributed by atoms with Crippen LogP contribution in [0.2, 0.25) is 0 Å². The maximum absolute atomic E-state index is 12.0. The van der Waals surface area contributed by atoms with Crippen LogP contribution < -0.4 is 5.32 Å². The smallest absolute Gasteiger partial charge is 0.226 e. The first kappa shape index (κ1) is 12.4. The minimum Gasteiger partial charge on any atom is -0.302 e. The normalized spacial score (nSPS) is 29.7. The molecule has 0 aromatic carbocycles. The third kappa shape index (κ3) is 2.54. The molecule has 0 spiro atoms. The molecule has 2 fully saturated rings. The molecule has 1 heterocycles.